The summed E-state index contributed by atoms with van der Waals surface area (Å²) in [6, 6.07) is 10.7. The van der Waals surface area contributed by atoms with Crippen LogP contribution in [0.1, 0.15) is 69.3 Å². The number of esters is 1. The summed E-state index contributed by atoms with van der Waals surface area (Å²) in [4.78, 5) is 28.2. The van der Waals surface area contributed by atoms with E-state index in [1.165, 1.54) is 5.56 Å². The van der Waals surface area contributed by atoms with Crippen LogP contribution in [0.25, 0.3) is 0 Å². The zero-order chi connectivity index (χ0) is 20.8. The third-order valence-electron chi connectivity index (χ3n) is 5.72. The van der Waals surface area contributed by atoms with Crippen molar-refractivity contribution < 1.29 is 19.1 Å². The number of aromatic nitrogens is 1. The molecule has 1 aliphatic rings. The van der Waals surface area contributed by atoms with Crippen molar-refractivity contribution in [3.05, 3.63) is 58.4 Å². The highest BCUT2D eigenvalue weighted by atomic mass is 16.6. The number of carbonyl (C=O) groups excluding carboxylic acids is 2. The second-order valence-corrected chi connectivity index (χ2v) is 7.69. The van der Waals surface area contributed by atoms with Gasteiger partial charge in [-0.3, -0.25) is 4.79 Å². The van der Waals surface area contributed by atoms with Gasteiger partial charge in [0, 0.05) is 18.8 Å². The summed E-state index contributed by atoms with van der Waals surface area (Å²) in [5.74, 6) is -0.0345. The van der Waals surface area contributed by atoms with Crippen LogP contribution in [0.4, 0.5) is 0 Å². The van der Waals surface area contributed by atoms with Crippen molar-refractivity contribution in [1.29, 1.82) is 0 Å². The van der Waals surface area contributed by atoms with Gasteiger partial charge in [0.05, 0.1) is 12.2 Å². The van der Waals surface area contributed by atoms with Crippen LogP contribution in [-0.4, -0.2) is 43.2 Å². The fourth-order valence-corrected chi connectivity index (χ4v) is 4.13. The minimum Gasteiger partial charge on any atom is -0.460 e. The third-order valence-corrected chi connectivity index (χ3v) is 5.72. The molecule has 6 heteroatoms. The fourth-order valence-electron chi connectivity index (χ4n) is 4.13. The summed E-state index contributed by atoms with van der Waals surface area (Å²) >= 11 is 0. The van der Waals surface area contributed by atoms with Gasteiger partial charge in [-0.2, -0.15) is 0 Å². The molecule has 0 spiro atoms. The van der Waals surface area contributed by atoms with E-state index in [-0.39, 0.29) is 18.6 Å². The largest absolute Gasteiger partial charge is 0.460 e. The highest BCUT2D eigenvalue weighted by Gasteiger charge is 2.27. The number of nitrogens with one attached hydrogen (secondary N) is 2. The molecule has 0 aliphatic heterocycles. The number of amides is 1. The molecule has 0 atom stereocenters. The minimum atomic E-state index is -0.435. The van der Waals surface area contributed by atoms with Crippen molar-refractivity contribution in [2.24, 2.45) is 0 Å². The number of H-pyrrole nitrogens is 1. The molecule has 1 aliphatic carbocycles. The van der Waals surface area contributed by atoms with Crippen LogP contribution in [0.15, 0.2) is 30.3 Å². The molecular formula is C23H30N2O4. The van der Waals surface area contributed by atoms with Gasteiger partial charge in [0.25, 0.3) is 5.91 Å². The maximum Gasteiger partial charge on any atom is 0.340 e. The zero-order valence-corrected chi connectivity index (χ0v) is 17.4. The average Bonchev–Trinajstić information content (AvgIpc) is 3.03. The van der Waals surface area contributed by atoms with Gasteiger partial charge < -0.3 is 19.8 Å². The van der Waals surface area contributed by atoms with Crippen LogP contribution < -0.4 is 5.32 Å². The number of benzene rings is 1. The first kappa shape index (κ1) is 21.1. The zero-order valence-electron chi connectivity index (χ0n) is 17.4. The Kier molecular flexibility index (Phi) is 7.09. The van der Waals surface area contributed by atoms with E-state index in [1.54, 1.807) is 21.0 Å². The van der Waals surface area contributed by atoms with E-state index in [0.717, 1.165) is 25.7 Å². The van der Waals surface area contributed by atoms with Crippen LogP contribution in [0.3, 0.4) is 0 Å². The van der Waals surface area contributed by atoms with Gasteiger partial charge in [-0.1, -0.05) is 30.3 Å². The Labute approximate surface area is 172 Å². The molecule has 0 bridgehead atoms. The van der Waals surface area contributed by atoms with E-state index in [4.69, 9.17) is 9.47 Å². The molecule has 0 radical (unpaired) electrons. The molecule has 2 N–H and O–H groups in total. The molecule has 2 aromatic rings. The molecule has 29 heavy (non-hydrogen) atoms. The average molecular weight is 399 g/mol. The number of aromatic amines is 1. The number of methoxy groups -OCH3 is 1. The lowest BCUT2D eigenvalue weighted by Crippen LogP contribution is -2.37. The van der Waals surface area contributed by atoms with Crippen molar-refractivity contribution in [3.8, 4) is 0 Å². The number of hydrogen-bond donors (Lipinski definition) is 2. The topological polar surface area (TPSA) is 80.4 Å². The lowest BCUT2D eigenvalue weighted by Gasteiger charge is -2.29. The van der Waals surface area contributed by atoms with Crippen LogP contribution >= 0.6 is 0 Å². The summed E-state index contributed by atoms with van der Waals surface area (Å²) in [5.41, 5.74) is 3.51. The second kappa shape index (κ2) is 9.74. The molecule has 1 aromatic carbocycles. The van der Waals surface area contributed by atoms with Crippen LogP contribution in [0, 0.1) is 13.8 Å². The Morgan fingerprint density at radius 3 is 2.41 bits per heavy atom. The SMILES string of the molecule is COCCOC(=O)c1c(C)[nH]c(C(=O)NC2CCC(c3ccccc3)CC2)c1C. The number of ether oxygens (including phenoxy) is 2. The highest BCUT2D eigenvalue weighted by Crippen LogP contribution is 2.33. The monoisotopic (exact) mass is 398 g/mol. The van der Waals surface area contributed by atoms with Gasteiger partial charge in [-0.05, 0) is 56.6 Å². The summed E-state index contributed by atoms with van der Waals surface area (Å²) in [6.45, 7) is 4.08. The normalized spacial score (nSPS) is 19.0. The number of carbonyl (C=O) groups is 2. The fraction of sp³-hybridized carbons (Fsp3) is 0.478. The molecular weight excluding hydrogens is 368 g/mol. The third kappa shape index (κ3) is 5.07. The molecule has 0 saturated heterocycles. The first-order valence-corrected chi connectivity index (χ1v) is 10.2. The Morgan fingerprint density at radius 1 is 1.07 bits per heavy atom. The van der Waals surface area contributed by atoms with Crippen molar-refractivity contribution >= 4 is 11.9 Å². The first-order chi connectivity index (χ1) is 14.0. The predicted molar refractivity (Wildman–Crippen MR) is 111 cm³/mol. The molecule has 156 valence electrons. The van der Waals surface area contributed by atoms with E-state index in [9.17, 15) is 9.59 Å². The van der Waals surface area contributed by atoms with Crippen LogP contribution in [0.5, 0.6) is 0 Å². The number of aryl methyl sites for hydroxylation is 1. The van der Waals surface area contributed by atoms with Crippen molar-refractivity contribution in [3.63, 3.8) is 0 Å². The highest BCUT2D eigenvalue weighted by molar-refractivity contribution is 6.00. The molecule has 1 heterocycles. The Hall–Kier alpha value is -2.60. The van der Waals surface area contributed by atoms with Gasteiger partial charge >= 0.3 is 5.97 Å². The van der Waals surface area contributed by atoms with E-state index < -0.39 is 5.97 Å². The Morgan fingerprint density at radius 2 is 1.76 bits per heavy atom. The molecule has 0 unspecified atom stereocenters. The number of hydrogen-bond acceptors (Lipinski definition) is 4. The van der Waals surface area contributed by atoms with Gasteiger partial charge in [0.15, 0.2) is 0 Å². The van der Waals surface area contributed by atoms with Crippen molar-refractivity contribution in [1.82, 2.24) is 10.3 Å². The minimum absolute atomic E-state index is 0.155. The maximum absolute atomic E-state index is 12.8. The molecule has 1 fully saturated rings. The van der Waals surface area contributed by atoms with E-state index >= 15 is 0 Å². The van der Waals surface area contributed by atoms with Crippen LogP contribution in [0.2, 0.25) is 0 Å². The summed E-state index contributed by atoms with van der Waals surface area (Å²) in [7, 11) is 1.55. The molecule has 3 rings (SSSR count). The summed E-state index contributed by atoms with van der Waals surface area (Å²) < 4.78 is 10.1. The van der Waals surface area contributed by atoms with Gasteiger partial charge in [0.2, 0.25) is 0 Å². The summed E-state index contributed by atoms with van der Waals surface area (Å²) in [6.07, 6.45) is 4.04. The second-order valence-electron chi connectivity index (χ2n) is 7.69. The Balaban J connectivity index is 1.59. The molecule has 1 aromatic heterocycles. The lowest BCUT2D eigenvalue weighted by atomic mass is 9.82. The van der Waals surface area contributed by atoms with Gasteiger partial charge in [-0.15, -0.1) is 0 Å². The van der Waals surface area contributed by atoms with Crippen molar-refractivity contribution in [2.75, 3.05) is 20.3 Å². The maximum atomic E-state index is 12.8. The number of rotatable bonds is 7. The van der Waals surface area contributed by atoms with E-state index in [0.29, 0.717) is 35.0 Å². The van der Waals surface area contributed by atoms with Crippen molar-refractivity contribution in [2.45, 2.75) is 51.5 Å². The molecule has 1 amide bonds. The van der Waals surface area contributed by atoms with Crippen LogP contribution in [-0.2, 0) is 9.47 Å². The standard InChI is InChI=1S/C23H30N2O4/c1-15-20(23(27)29-14-13-28-3)16(2)24-21(15)22(26)25-19-11-9-18(10-12-19)17-7-5-4-6-8-17/h4-8,18-19,24H,9-14H2,1-3H3,(H,25,26). The first-order valence-electron chi connectivity index (χ1n) is 10.2. The quantitative estimate of drug-likeness (QED) is 0.548. The van der Waals surface area contributed by atoms with Gasteiger partial charge in [0.1, 0.15) is 12.3 Å². The van der Waals surface area contributed by atoms with Gasteiger partial charge in [-0.25, -0.2) is 4.79 Å². The van der Waals surface area contributed by atoms with E-state index in [2.05, 4.69) is 34.6 Å². The summed E-state index contributed by atoms with van der Waals surface area (Å²) in [5, 5.41) is 3.14. The molecule has 6 nitrogen and oxygen atoms in total. The lowest BCUT2D eigenvalue weighted by molar-refractivity contribution is 0.0387. The predicted octanol–water partition coefficient (Wildman–Crippen LogP) is 3.89. The van der Waals surface area contributed by atoms with E-state index in [1.807, 2.05) is 6.07 Å². The smallest absolute Gasteiger partial charge is 0.340 e. The Bertz CT molecular complexity index is 836. The molecule has 1 saturated carbocycles.